The summed E-state index contributed by atoms with van der Waals surface area (Å²) in [6.07, 6.45) is 0.557. The predicted molar refractivity (Wildman–Crippen MR) is 134 cm³/mol. The van der Waals surface area contributed by atoms with Crippen LogP contribution in [-0.2, 0) is 23.2 Å². The van der Waals surface area contributed by atoms with E-state index in [-0.39, 0.29) is 17.7 Å². The molecular weight excluding hydrogens is 442 g/mol. The van der Waals surface area contributed by atoms with Gasteiger partial charge in [0.2, 0.25) is 17.6 Å². The van der Waals surface area contributed by atoms with E-state index in [0.29, 0.717) is 37.1 Å². The lowest BCUT2D eigenvalue weighted by molar-refractivity contribution is -0.116. The Labute approximate surface area is 205 Å². The molecule has 0 saturated carbocycles. The van der Waals surface area contributed by atoms with Crippen molar-refractivity contribution in [2.24, 2.45) is 0 Å². The van der Waals surface area contributed by atoms with E-state index in [4.69, 9.17) is 14.4 Å². The second kappa shape index (κ2) is 10.5. The maximum Gasteiger partial charge on any atom is 0.227 e. The number of benzene rings is 2. The van der Waals surface area contributed by atoms with Crippen molar-refractivity contribution in [3.63, 3.8) is 0 Å². The summed E-state index contributed by atoms with van der Waals surface area (Å²) in [5.41, 5.74) is 2.72. The molecule has 0 unspecified atom stereocenters. The highest BCUT2D eigenvalue weighted by Crippen LogP contribution is 2.25. The van der Waals surface area contributed by atoms with Crippen molar-refractivity contribution >= 4 is 11.7 Å². The average Bonchev–Trinajstić information content (AvgIpc) is 3.47. The number of hydrogen-bond donors (Lipinski definition) is 1. The quantitative estimate of drug-likeness (QED) is 0.357. The number of hydrogen-bond acceptors (Lipinski definition) is 6. The Morgan fingerprint density at radius 2 is 1.83 bits per heavy atom. The van der Waals surface area contributed by atoms with Crippen molar-refractivity contribution in [2.75, 3.05) is 11.9 Å². The first-order valence-electron chi connectivity index (χ1n) is 11.8. The van der Waals surface area contributed by atoms with Crippen LogP contribution in [0.15, 0.2) is 65.2 Å². The number of anilines is 1. The highest BCUT2D eigenvalue weighted by Gasteiger charge is 2.21. The molecule has 4 rings (SSSR count). The van der Waals surface area contributed by atoms with Crippen molar-refractivity contribution in [3.8, 4) is 17.1 Å². The smallest absolute Gasteiger partial charge is 0.227 e. The number of nitrogens with one attached hydrogen (secondary N) is 1. The molecule has 0 atom stereocenters. The lowest BCUT2D eigenvalue weighted by Gasteiger charge is -2.14. The Balaban J connectivity index is 1.40. The van der Waals surface area contributed by atoms with Crippen LogP contribution in [0, 0.1) is 0 Å². The molecule has 1 amide bonds. The molecule has 2 heterocycles. The topological polar surface area (TPSA) is 95.1 Å². The Bertz CT molecular complexity index is 1250. The molecule has 4 aromatic rings. The zero-order valence-corrected chi connectivity index (χ0v) is 20.6. The van der Waals surface area contributed by atoms with E-state index in [1.807, 2.05) is 72.3 Å². The minimum absolute atomic E-state index is 0.136. The average molecular weight is 474 g/mol. The second-order valence-corrected chi connectivity index (χ2v) is 9.33. The number of carbonyl (C=O) groups is 1. The molecule has 1 N–H and O–H groups in total. The molecule has 35 heavy (non-hydrogen) atoms. The Kier molecular flexibility index (Phi) is 7.29. The van der Waals surface area contributed by atoms with Gasteiger partial charge in [-0.2, -0.15) is 10.1 Å². The molecule has 8 nitrogen and oxygen atoms in total. The van der Waals surface area contributed by atoms with E-state index < -0.39 is 0 Å². The molecule has 0 bridgehead atoms. The molecule has 0 aliphatic carbocycles. The molecule has 182 valence electrons. The predicted octanol–water partition coefficient (Wildman–Crippen LogP) is 5.25. The highest BCUT2D eigenvalue weighted by atomic mass is 16.5. The van der Waals surface area contributed by atoms with Crippen LogP contribution in [0.25, 0.3) is 11.4 Å². The fourth-order valence-electron chi connectivity index (χ4n) is 3.53. The number of nitrogens with zero attached hydrogens (tertiary/aromatic N) is 4. The molecule has 0 saturated heterocycles. The SMILES string of the molecule is CCOc1ccc(-c2noc(CCC(=O)Nc3cc(C(C)(C)C)nn3Cc3ccccc3)n2)cc1. The molecule has 0 aliphatic rings. The monoisotopic (exact) mass is 473 g/mol. The fraction of sp³-hybridized carbons (Fsp3) is 0.333. The Morgan fingerprint density at radius 1 is 1.09 bits per heavy atom. The van der Waals surface area contributed by atoms with Gasteiger partial charge in [0, 0.05) is 29.9 Å². The number of carbonyl (C=O) groups excluding carboxylic acids is 1. The highest BCUT2D eigenvalue weighted by molar-refractivity contribution is 5.90. The van der Waals surface area contributed by atoms with E-state index in [1.165, 1.54) is 0 Å². The summed E-state index contributed by atoms with van der Waals surface area (Å²) >= 11 is 0. The van der Waals surface area contributed by atoms with E-state index >= 15 is 0 Å². The lowest BCUT2D eigenvalue weighted by atomic mass is 9.92. The Morgan fingerprint density at radius 3 is 2.51 bits per heavy atom. The third-order valence-electron chi connectivity index (χ3n) is 5.45. The van der Waals surface area contributed by atoms with Crippen LogP contribution < -0.4 is 10.1 Å². The summed E-state index contributed by atoms with van der Waals surface area (Å²) in [7, 11) is 0. The number of rotatable bonds is 9. The van der Waals surface area contributed by atoms with E-state index in [9.17, 15) is 4.79 Å². The number of ether oxygens (including phenoxy) is 1. The zero-order chi connectivity index (χ0) is 24.8. The van der Waals surface area contributed by atoms with E-state index in [1.54, 1.807) is 0 Å². The summed E-state index contributed by atoms with van der Waals surface area (Å²) in [4.78, 5) is 17.2. The van der Waals surface area contributed by atoms with Gasteiger partial charge in [-0.1, -0.05) is 56.3 Å². The van der Waals surface area contributed by atoms with Gasteiger partial charge < -0.3 is 14.6 Å². The van der Waals surface area contributed by atoms with Crippen molar-refractivity contribution < 1.29 is 14.1 Å². The van der Waals surface area contributed by atoms with Gasteiger partial charge in [0.15, 0.2) is 0 Å². The van der Waals surface area contributed by atoms with Gasteiger partial charge in [-0.05, 0) is 36.8 Å². The number of aromatic nitrogens is 4. The van der Waals surface area contributed by atoms with Crippen LogP contribution in [0.5, 0.6) is 5.75 Å². The molecule has 0 fully saturated rings. The molecule has 0 aliphatic heterocycles. The minimum atomic E-state index is -0.138. The first-order valence-corrected chi connectivity index (χ1v) is 11.8. The molecule has 0 spiro atoms. The summed E-state index contributed by atoms with van der Waals surface area (Å²) in [5.74, 6) is 2.22. The second-order valence-electron chi connectivity index (χ2n) is 9.33. The first kappa shape index (κ1) is 24.2. The van der Waals surface area contributed by atoms with Gasteiger partial charge in [0.25, 0.3) is 0 Å². The van der Waals surface area contributed by atoms with Crippen molar-refractivity contribution in [3.05, 3.63) is 77.8 Å². The zero-order valence-electron chi connectivity index (χ0n) is 20.6. The van der Waals surface area contributed by atoms with Gasteiger partial charge in [-0.25, -0.2) is 4.68 Å². The third-order valence-corrected chi connectivity index (χ3v) is 5.45. The summed E-state index contributed by atoms with van der Waals surface area (Å²) in [6, 6.07) is 19.5. The van der Waals surface area contributed by atoms with Gasteiger partial charge in [-0.15, -0.1) is 0 Å². The molecule has 8 heteroatoms. The van der Waals surface area contributed by atoms with Crippen LogP contribution in [-0.4, -0.2) is 32.4 Å². The molecule has 2 aromatic heterocycles. The van der Waals surface area contributed by atoms with Crippen molar-refractivity contribution in [1.82, 2.24) is 19.9 Å². The lowest BCUT2D eigenvalue weighted by Crippen LogP contribution is -2.16. The number of amides is 1. The van der Waals surface area contributed by atoms with Crippen LogP contribution in [0.1, 0.15) is 51.3 Å². The van der Waals surface area contributed by atoms with Gasteiger partial charge in [-0.3, -0.25) is 4.79 Å². The van der Waals surface area contributed by atoms with E-state index in [2.05, 4.69) is 36.2 Å². The first-order chi connectivity index (χ1) is 16.8. The largest absolute Gasteiger partial charge is 0.494 e. The van der Waals surface area contributed by atoms with Crippen LogP contribution >= 0.6 is 0 Å². The number of aryl methyl sites for hydroxylation is 1. The van der Waals surface area contributed by atoms with Gasteiger partial charge in [0.1, 0.15) is 11.6 Å². The van der Waals surface area contributed by atoms with Gasteiger partial charge >= 0.3 is 0 Å². The molecule has 0 radical (unpaired) electrons. The van der Waals surface area contributed by atoms with Crippen molar-refractivity contribution in [2.45, 2.75) is 52.5 Å². The molecule has 2 aromatic carbocycles. The van der Waals surface area contributed by atoms with Crippen LogP contribution in [0.3, 0.4) is 0 Å². The normalized spacial score (nSPS) is 11.4. The maximum absolute atomic E-state index is 12.8. The standard InChI is InChI=1S/C27H31N5O3/c1-5-34-21-13-11-20(12-14-21)26-29-25(35-31-26)16-15-24(33)28-23-17-22(27(2,3)4)30-32(23)18-19-9-7-6-8-10-19/h6-14,17H,5,15-16,18H2,1-4H3,(H,28,33). The third kappa shape index (κ3) is 6.35. The maximum atomic E-state index is 12.8. The summed E-state index contributed by atoms with van der Waals surface area (Å²) < 4.78 is 12.7. The van der Waals surface area contributed by atoms with Crippen LogP contribution in [0.4, 0.5) is 5.82 Å². The minimum Gasteiger partial charge on any atom is -0.494 e. The molecular formula is C27H31N5O3. The Hall–Kier alpha value is -3.94. The van der Waals surface area contributed by atoms with Crippen LogP contribution in [0.2, 0.25) is 0 Å². The fourth-order valence-corrected chi connectivity index (χ4v) is 3.53. The van der Waals surface area contributed by atoms with E-state index in [0.717, 1.165) is 22.6 Å². The van der Waals surface area contributed by atoms with Gasteiger partial charge in [0.05, 0.1) is 18.8 Å². The van der Waals surface area contributed by atoms with Crippen molar-refractivity contribution in [1.29, 1.82) is 0 Å². The summed E-state index contributed by atoms with van der Waals surface area (Å²) in [5, 5.41) is 11.8. The summed E-state index contributed by atoms with van der Waals surface area (Å²) in [6.45, 7) is 9.43.